The van der Waals surface area contributed by atoms with E-state index in [1.54, 1.807) is 6.92 Å². The van der Waals surface area contributed by atoms with Crippen molar-refractivity contribution in [1.82, 2.24) is 10.6 Å². The molecule has 0 aromatic rings. The minimum atomic E-state index is -0.820. The Morgan fingerprint density at radius 1 is 1.35 bits per heavy atom. The summed E-state index contributed by atoms with van der Waals surface area (Å²) in [6.07, 6.45) is 3.09. The molecular formula is C15H26N2O3. The average molecular weight is 282 g/mol. The topological polar surface area (TPSA) is 78.4 Å². The first-order valence-electron chi connectivity index (χ1n) is 7.58. The molecule has 2 aliphatic rings. The molecule has 20 heavy (non-hydrogen) atoms. The van der Waals surface area contributed by atoms with Gasteiger partial charge in [0.25, 0.3) is 0 Å². The number of carbonyl (C=O) groups excluding carboxylic acids is 1. The van der Waals surface area contributed by atoms with E-state index >= 15 is 0 Å². The molecule has 5 heteroatoms. The monoisotopic (exact) mass is 282 g/mol. The molecule has 0 spiro atoms. The molecule has 2 rings (SSSR count). The maximum absolute atomic E-state index is 12.7. The maximum Gasteiger partial charge on any atom is 0.311 e. The summed E-state index contributed by atoms with van der Waals surface area (Å²) in [6.45, 7) is 7.43. The number of carboxylic acid groups (broad SMARTS) is 1. The Balaban J connectivity index is 2.13. The minimum Gasteiger partial charge on any atom is -0.481 e. The van der Waals surface area contributed by atoms with Gasteiger partial charge in [0, 0.05) is 12.6 Å². The molecule has 2 fully saturated rings. The summed E-state index contributed by atoms with van der Waals surface area (Å²) < 4.78 is 0. The van der Waals surface area contributed by atoms with Gasteiger partial charge in [-0.3, -0.25) is 9.59 Å². The van der Waals surface area contributed by atoms with Crippen LogP contribution in [0.1, 0.15) is 46.5 Å². The van der Waals surface area contributed by atoms with Gasteiger partial charge in [-0.15, -0.1) is 0 Å². The van der Waals surface area contributed by atoms with Crippen LogP contribution in [0.5, 0.6) is 0 Å². The normalized spacial score (nSPS) is 37.3. The molecule has 1 saturated heterocycles. The zero-order chi connectivity index (χ0) is 15.0. The Kier molecular flexibility index (Phi) is 4.09. The van der Waals surface area contributed by atoms with Crippen molar-refractivity contribution in [2.24, 2.45) is 16.7 Å². The first-order chi connectivity index (χ1) is 9.33. The summed E-state index contributed by atoms with van der Waals surface area (Å²) in [5, 5.41) is 15.8. The van der Waals surface area contributed by atoms with Crippen LogP contribution in [-0.4, -0.2) is 36.1 Å². The van der Waals surface area contributed by atoms with E-state index in [4.69, 9.17) is 0 Å². The van der Waals surface area contributed by atoms with Crippen LogP contribution in [0.3, 0.4) is 0 Å². The number of hydrogen-bond acceptors (Lipinski definition) is 3. The fraction of sp³-hybridized carbons (Fsp3) is 0.867. The van der Waals surface area contributed by atoms with E-state index in [2.05, 4.69) is 24.5 Å². The molecular weight excluding hydrogens is 256 g/mol. The van der Waals surface area contributed by atoms with Crippen LogP contribution in [0, 0.1) is 16.7 Å². The summed E-state index contributed by atoms with van der Waals surface area (Å²) >= 11 is 0. The zero-order valence-corrected chi connectivity index (χ0v) is 12.7. The second-order valence-electron chi connectivity index (χ2n) is 6.88. The van der Waals surface area contributed by atoms with E-state index in [0.717, 1.165) is 25.8 Å². The lowest BCUT2D eigenvalue weighted by molar-refractivity contribution is -0.149. The third kappa shape index (κ3) is 2.32. The highest BCUT2D eigenvalue weighted by Crippen LogP contribution is 2.40. The van der Waals surface area contributed by atoms with E-state index in [1.807, 2.05) is 0 Å². The molecule has 1 aliphatic heterocycles. The molecule has 1 heterocycles. The van der Waals surface area contributed by atoms with Crippen LogP contribution in [-0.2, 0) is 9.59 Å². The summed E-state index contributed by atoms with van der Waals surface area (Å²) in [5.41, 5.74) is -1.21. The summed E-state index contributed by atoms with van der Waals surface area (Å²) in [4.78, 5) is 24.2. The Hall–Kier alpha value is -1.10. The molecule has 0 aromatic carbocycles. The smallest absolute Gasteiger partial charge is 0.311 e. The number of nitrogens with one attached hydrogen (secondary N) is 2. The zero-order valence-electron chi connectivity index (χ0n) is 12.7. The van der Waals surface area contributed by atoms with Gasteiger partial charge >= 0.3 is 5.97 Å². The first-order valence-corrected chi connectivity index (χ1v) is 7.58. The van der Waals surface area contributed by atoms with Crippen LogP contribution >= 0.6 is 0 Å². The number of amides is 1. The molecule has 0 aromatic heterocycles. The minimum absolute atomic E-state index is 0.0249. The fourth-order valence-corrected chi connectivity index (χ4v) is 3.62. The fourth-order valence-electron chi connectivity index (χ4n) is 3.62. The van der Waals surface area contributed by atoms with Gasteiger partial charge in [-0.2, -0.15) is 0 Å². The Morgan fingerprint density at radius 3 is 2.55 bits per heavy atom. The third-order valence-electron chi connectivity index (χ3n) is 5.50. The average Bonchev–Trinajstić information content (AvgIpc) is 2.98. The van der Waals surface area contributed by atoms with Crippen LogP contribution in [0.4, 0.5) is 0 Å². The second-order valence-corrected chi connectivity index (χ2v) is 6.88. The van der Waals surface area contributed by atoms with Gasteiger partial charge in [0.15, 0.2) is 0 Å². The van der Waals surface area contributed by atoms with E-state index in [1.165, 1.54) is 0 Å². The SMILES string of the molecule is CC(C)C1(C(=O)NC2CCCC2(C)C(=O)O)CCNC1. The van der Waals surface area contributed by atoms with Crippen LogP contribution in [0.25, 0.3) is 0 Å². The van der Waals surface area contributed by atoms with Gasteiger partial charge in [-0.05, 0) is 38.6 Å². The number of hydrogen-bond donors (Lipinski definition) is 3. The second kappa shape index (κ2) is 5.35. The standard InChI is InChI=1S/C15H26N2O3/c1-10(2)15(7-8-16-9-15)12(18)17-11-5-4-6-14(11,3)13(19)20/h10-11,16H,4-9H2,1-3H3,(H,17,18)(H,19,20). The van der Waals surface area contributed by atoms with Crippen molar-refractivity contribution < 1.29 is 14.7 Å². The molecule has 0 bridgehead atoms. The van der Waals surface area contributed by atoms with Crippen molar-refractivity contribution in [2.75, 3.05) is 13.1 Å². The number of carboxylic acids is 1. The van der Waals surface area contributed by atoms with Crippen molar-refractivity contribution in [3.05, 3.63) is 0 Å². The van der Waals surface area contributed by atoms with Crippen molar-refractivity contribution in [3.8, 4) is 0 Å². The molecule has 3 atom stereocenters. The van der Waals surface area contributed by atoms with Gasteiger partial charge in [-0.25, -0.2) is 0 Å². The molecule has 3 N–H and O–H groups in total. The molecule has 1 aliphatic carbocycles. The van der Waals surface area contributed by atoms with Crippen LogP contribution in [0.15, 0.2) is 0 Å². The van der Waals surface area contributed by atoms with Crippen molar-refractivity contribution in [3.63, 3.8) is 0 Å². The number of rotatable bonds is 4. The van der Waals surface area contributed by atoms with Gasteiger partial charge in [0.2, 0.25) is 5.91 Å². The summed E-state index contributed by atoms with van der Waals surface area (Å²) in [5.74, 6) is -0.532. The van der Waals surface area contributed by atoms with Gasteiger partial charge in [0.05, 0.1) is 10.8 Å². The van der Waals surface area contributed by atoms with Crippen molar-refractivity contribution in [1.29, 1.82) is 0 Å². The highest BCUT2D eigenvalue weighted by molar-refractivity contribution is 5.85. The summed E-state index contributed by atoms with van der Waals surface area (Å²) in [7, 11) is 0. The predicted molar refractivity (Wildman–Crippen MR) is 76.3 cm³/mol. The lowest BCUT2D eigenvalue weighted by Crippen LogP contribution is -2.54. The van der Waals surface area contributed by atoms with Gasteiger partial charge in [0.1, 0.15) is 0 Å². The third-order valence-corrected chi connectivity index (χ3v) is 5.50. The van der Waals surface area contributed by atoms with E-state index in [9.17, 15) is 14.7 Å². The van der Waals surface area contributed by atoms with E-state index in [0.29, 0.717) is 13.0 Å². The largest absolute Gasteiger partial charge is 0.481 e. The van der Waals surface area contributed by atoms with E-state index < -0.39 is 11.4 Å². The quantitative estimate of drug-likeness (QED) is 0.728. The lowest BCUT2D eigenvalue weighted by Gasteiger charge is -2.35. The first kappa shape index (κ1) is 15.3. The molecule has 114 valence electrons. The highest BCUT2D eigenvalue weighted by Gasteiger charge is 2.50. The molecule has 1 amide bonds. The number of aliphatic carboxylic acids is 1. The van der Waals surface area contributed by atoms with Crippen molar-refractivity contribution >= 4 is 11.9 Å². The predicted octanol–water partition coefficient (Wildman–Crippen LogP) is 1.38. The summed E-state index contributed by atoms with van der Waals surface area (Å²) in [6, 6.07) is -0.247. The molecule has 1 saturated carbocycles. The van der Waals surface area contributed by atoms with Crippen LogP contribution < -0.4 is 10.6 Å². The van der Waals surface area contributed by atoms with Crippen LogP contribution in [0.2, 0.25) is 0 Å². The molecule has 5 nitrogen and oxygen atoms in total. The Labute approximate surface area is 120 Å². The Bertz CT molecular complexity index is 402. The van der Waals surface area contributed by atoms with Gasteiger partial charge < -0.3 is 15.7 Å². The highest BCUT2D eigenvalue weighted by atomic mass is 16.4. The number of carbonyl (C=O) groups is 2. The maximum atomic E-state index is 12.7. The van der Waals surface area contributed by atoms with Gasteiger partial charge in [-0.1, -0.05) is 20.3 Å². The molecule has 3 unspecified atom stereocenters. The van der Waals surface area contributed by atoms with E-state index in [-0.39, 0.29) is 23.3 Å². The van der Waals surface area contributed by atoms with Crippen molar-refractivity contribution in [2.45, 2.75) is 52.5 Å². The molecule has 0 radical (unpaired) electrons. The Morgan fingerprint density at radius 2 is 2.05 bits per heavy atom. The lowest BCUT2D eigenvalue weighted by atomic mass is 9.74.